The summed E-state index contributed by atoms with van der Waals surface area (Å²) >= 11 is 9.18. The van der Waals surface area contributed by atoms with Gasteiger partial charge in [-0.1, -0.05) is 23.7 Å². The fourth-order valence-corrected chi connectivity index (χ4v) is 1.56. The lowest BCUT2D eigenvalue weighted by Crippen LogP contribution is -1.97. The van der Waals surface area contributed by atoms with Gasteiger partial charge in [-0.2, -0.15) is 0 Å². The van der Waals surface area contributed by atoms with E-state index in [2.05, 4.69) is 22.5 Å². The third-order valence-corrected chi connectivity index (χ3v) is 2.88. The lowest BCUT2D eigenvalue weighted by molar-refractivity contribution is 0.0996. The second kappa shape index (κ2) is 4.58. The molecule has 0 unspecified atom stereocenters. The van der Waals surface area contributed by atoms with Gasteiger partial charge in [-0.3, -0.25) is 4.79 Å². The Labute approximate surface area is 90.5 Å². The van der Waals surface area contributed by atoms with E-state index in [1.165, 1.54) is 0 Å². The van der Waals surface area contributed by atoms with Gasteiger partial charge >= 0.3 is 0 Å². The molecule has 0 aliphatic carbocycles. The zero-order valence-corrected chi connectivity index (χ0v) is 9.23. The number of rotatable bonds is 3. The summed E-state index contributed by atoms with van der Waals surface area (Å²) in [6.07, 6.45) is 1.88. The van der Waals surface area contributed by atoms with E-state index in [0.29, 0.717) is 17.0 Å². The van der Waals surface area contributed by atoms with Crippen LogP contribution in [0.15, 0.2) is 35.3 Å². The van der Waals surface area contributed by atoms with Crippen LogP contribution >= 0.6 is 27.5 Å². The summed E-state index contributed by atoms with van der Waals surface area (Å²) in [7, 11) is 0. The van der Waals surface area contributed by atoms with Gasteiger partial charge in [0.1, 0.15) is 0 Å². The number of hydrogen-bond acceptors (Lipinski definition) is 1. The number of carbonyl (C=O) groups is 1. The summed E-state index contributed by atoms with van der Waals surface area (Å²) in [5, 5.41) is 0.467. The van der Waals surface area contributed by atoms with Crippen molar-refractivity contribution in [3.05, 3.63) is 45.9 Å². The molecule has 1 aromatic rings. The minimum absolute atomic E-state index is 0.0127. The summed E-state index contributed by atoms with van der Waals surface area (Å²) in [6.45, 7) is 3.50. The maximum Gasteiger partial charge on any atom is 0.168 e. The highest BCUT2D eigenvalue weighted by Gasteiger charge is 2.10. The average molecular weight is 260 g/mol. The van der Waals surface area contributed by atoms with Crippen molar-refractivity contribution in [1.82, 2.24) is 0 Å². The highest BCUT2D eigenvalue weighted by molar-refractivity contribution is 9.10. The minimum atomic E-state index is -0.0127. The second-order valence-corrected chi connectivity index (χ2v) is 3.75. The van der Waals surface area contributed by atoms with E-state index in [4.69, 9.17) is 11.6 Å². The molecule has 0 saturated heterocycles. The average Bonchev–Trinajstić information content (AvgIpc) is 2.10. The molecule has 0 radical (unpaired) electrons. The Morgan fingerprint density at radius 2 is 2.31 bits per heavy atom. The van der Waals surface area contributed by atoms with E-state index in [9.17, 15) is 4.79 Å². The molecule has 0 fully saturated rings. The molecule has 0 atom stereocenters. The zero-order valence-electron chi connectivity index (χ0n) is 6.89. The first-order chi connectivity index (χ1) is 6.16. The predicted octanol–water partition coefficient (Wildman–Crippen LogP) is 3.86. The molecule has 13 heavy (non-hydrogen) atoms. The topological polar surface area (TPSA) is 17.1 Å². The van der Waals surface area contributed by atoms with E-state index in [1.807, 2.05) is 0 Å². The number of carbonyl (C=O) groups excluding carboxylic acids is 1. The molecule has 0 amide bonds. The van der Waals surface area contributed by atoms with Crippen molar-refractivity contribution in [3.63, 3.8) is 0 Å². The molecule has 0 aromatic heterocycles. The number of allylic oxidation sites excluding steroid dienone is 1. The van der Waals surface area contributed by atoms with Crippen molar-refractivity contribution < 1.29 is 4.79 Å². The normalized spacial score (nSPS) is 9.69. The number of Topliss-reactive ketones (excluding diaryl/α,β-unsaturated/α-hetero) is 1. The minimum Gasteiger partial charge on any atom is -0.294 e. The van der Waals surface area contributed by atoms with Crippen LogP contribution in [0.5, 0.6) is 0 Å². The van der Waals surface area contributed by atoms with Gasteiger partial charge < -0.3 is 0 Å². The molecule has 1 rings (SSSR count). The van der Waals surface area contributed by atoms with E-state index >= 15 is 0 Å². The van der Waals surface area contributed by atoms with Gasteiger partial charge in [0.2, 0.25) is 0 Å². The Balaban J connectivity index is 3.07. The molecule has 0 aliphatic rings. The Hall–Kier alpha value is -0.600. The quantitative estimate of drug-likeness (QED) is 0.595. The van der Waals surface area contributed by atoms with Gasteiger partial charge in [-0.05, 0) is 28.1 Å². The van der Waals surface area contributed by atoms with Crippen LogP contribution in [0.1, 0.15) is 16.8 Å². The summed E-state index contributed by atoms with van der Waals surface area (Å²) in [6, 6.07) is 5.29. The molecule has 0 spiro atoms. The first-order valence-electron chi connectivity index (χ1n) is 3.75. The van der Waals surface area contributed by atoms with Crippen molar-refractivity contribution in [2.24, 2.45) is 0 Å². The Bertz CT molecular complexity index is 347. The largest absolute Gasteiger partial charge is 0.294 e. The Morgan fingerprint density at radius 3 is 2.92 bits per heavy atom. The SMILES string of the molecule is C=CCC(=O)c1cccc(Br)c1Cl. The zero-order chi connectivity index (χ0) is 9.84. The monoisotopic (exact) mass is 258 g/mol. The number of benzene rings is 1. The third-order valence-electron chi connectivity index (χ3n) is 1.58. The van der Waals surface area contributed by atoms with Gasteiger partial charge in [0.05, 0.1) is 5.02 Å². The lowest BCUT2D eigenvalue weighted by Gasteiger charge is -2.02. The summed E-state index contributed by atoms with van der Waals surface area (Å²) < 4.78 is 0.740. The molecule has 3 heteroatoms. The molecule has 0 bridgehead atoms. The lowest BCUT2D eigenvalue weighted by atomic mass is 10.1. The maximum absolute atomic E-state index is 11.4. The standard InChI is InChI=1S/C10H8BrClO/c1-2-4-9(13)7-5-3-6-8(11)10(7)12/h2-3,5-6H,1,4H2. The third kappa shape index (κ3) is 2.42. The fourth-order valence-electron chi connectivity index (χ4n) is 0.960. The summed E-state index contributed by atoms with van der Waals surface area (Å²) in [5.74, 6) is -0.0127. The number of halogens is 2. The van der Waals surface area contributed by atoms with E-state index in [-0.39, 0.29) is 5.78 Å². The van der Waals surface area contributed by atoms with Crippen LogP contribution in [0.2, 0.25) is 5.02 Å². The molecule has 68 valence electrons. The predicted molar refractivity (Wildman–Crippen MR) is 58.3 cm³/mol. The highest BCUT2D eigenvalue weighted by Crippen LogP contribution is 2.26. The van der Waals surface area contributed by atoms with Crippen molar-refractivity contribution >= 4 is 33.3 Å². The van der Waals surface area contributed by atoms with Gasteiger partial charge in [0, 0.05) is 16.5 Å². The molecule has 1 aromatic carbocycles. The van der Waals surface area contributed by atoms with Crippen LogP contribution in [-0.2, 0) is 0 Å². The fraction of sp³-hybridized carbons (Fsp3) is 0.100. The molecule has 0 aliphatic heterocycles. The second-order valence-electron chi connectivity index (χ2n) is 2.52. The van der Waals surface area contributed by atoms with Crippen LogP contribution in [-0.4, -0.2) is 5.78 Å². The Morgan fingerprint density at radius 1 is 1.62 bits per heavy atom. The van der Waals surface area contributed by atoms with Crippen LogP contribution in [0.25, 0.3) is 0 Å². The van der Waals surface area contributed by atoms with Gasteiger partial charge in [-0.25, -0.2) is 0 Å². The van der Waals surface area contributed by atoms with Crippen molar-refractivity contribution in [1.29, 1.82) is 0 Å². The van der Waals surface area contributed by atoms with E-state index < -0.39 is 0 Å². The van der Waals surface area contributed by atoms with E-state index in [1.54, 1.807) is 24.3 Å². The first kappa shape index (κ1) is 10.5. The number of hydrogen-bond donors (Lipinski definition) is 0. The van der Waals surface area contributed by atoms with Crippen LogP contribution in [0.3, 0.4) is 0 Å². The van der Waals surface area contributed by atoms with E-state index in [0.717, 1.165) is 4.47 Å². The molecule has 0 heterocycles. The number of ketones is 1. The van der Waals surface area contributed by atoms with Crippen molar-refractivity contribution in [3.8, 4) is 0 Å². The van der Waals surface area contributed by atoms with Crippen molar-refractivity contribution in [2.45, 2.75) is 6.42 Å². The smallest absolute Gasteiger partial charge is 0.168 e. The summed E-state index contributed by atoms with van der Waals surface area (Å²) in [4.78, 5) is 11.4. The van der Waals surface area contributed by atoms with Crippen LogP contribution in [0, 0.1) is 0 Å². The molecular formula is C10H8BrClO. The van der Waals surface area contributed by atoms with Gasteiger partial charge in [0.25, 0.3) is 0 Å². The highest BCUT2D eigenvalue weighted by atomic mass is 79.9. The Kier molecular flexibility index (Phi) is 3.70. The van der Waals surface area contributed by atoms with Gasteiger partial charge in [-0.15, -0.1) is 6.58 Å². The molecule has 1 nitrogen and oxygen atoms in total. The van der Waals surface area contributed by atoms with Crippen LogP contribution in [0.4, 0.5) is 0 Å². The van der Waals surface area contributed by atoms with Gasteiger partial charge in [0.15, 0.2) is 5.78 Å². The molecule has 0 saturated carbocycles. The van der Waals surface area contributed by atoms with Crippen LogP contribution < -0.4 is 0 Å². The molecule has 0 N–H and O–H groups in total. The maximum atomic E-state index is 11.4. The molecular weight excluding hydrogens is 251 g/mol. The summed E-state index contributed by atoms with van der Waals surface area (Å²) in [5.41, 5.74) is 0.538. The first-order valence-corrected chi connectivity index (χ1v) is 4.92. The van der Waals surface area contributed by atoms with Crippen molar-refractivity contribution in [2.75, 3.05) is 0 Å².